The lowest BCUT2D eigenvalue weighted by molar-refractivity contribution is -0.120. The molecule has 0 aromatic carbocycles. The Morgan fingerprint density at radius 1 is 1.53 bits per heavy atom. The fraction of sp³-hybridized carbons (Fsp3) is 0.500. The largest absolute Gasteiger partial charge is 0.298 e. The van der Waals surface area contributed by atoms with Gasteiger partial charge in [-0.2, -0.15) is 0 Å². The van der Waals surface area contributed by atoms with E-state index in [1.165, 1.54) is 11.3 Å². The van der Waals surface area contributed by atoms with Gasteiger partial charge in [0, 0.05) is 10.8 Å². The molecule has 0 radical (unpaired) electrons. The topological polar surface area (TPSA) is 63.2 Å². The summed E-state index contributed by atoms with van der Waals surface area (Å²) >= 11 is 4.59. The van der Waals surface area contributed by atoms with Crippen molar-refractivity contribution < 1.29 is 13.2 Å². The number of hydrogen-bond donors (Lipinski definition) is 1. The highest BCUT2D eigenvalue weighted by atomic mass is 79.9. The van der Waals surface area contributed by atoms with Crippen LogP contribution in [0.25, 0.3) is 0 Å². The van der Waals surface area contributed by atoms with Gasteiger partial charge in [-0.25, -0.2) is 13.1 Å². The fourth-order valence-corrected chi connectivity index (χ4v) is 4.55. The van der Waals surface area contributed by atoms with E-state index in [9.17, 15) is 13.2 Å². The van der Waals surface area contributed by atoms with E-state index in [2.05, 4.69) is 20.7 Å². The second-order valence-corrected chi connectivity index (χ2v) is 8.29. The van der Waals surface area contributed by atoms with Crippen LogP contribution in [0.2, 0.25) is 0 Å². The number of carbonyl (C=O) groups excluding carboxylic acids is 1. The number of halogens is 1. The SMILES string of the molecule is Cc1sc(Br)cc1S(=O)(=O)NCC(=O)C(C)C. The predicted octanol–water partition coefficient (Wildman–Crippen LogP) is 2.32. The summed E-state index contributed by atoms with van der Waals surface area (Å²) in [6, 6.07) is 1.54. The Hall–Kier alpha value is -0.240. The first-order chi connectivity index (χ1) is 7.74. The normalized spacial score (nSPS) is 12.1. The standard InChI is InChI=1S/C10H14BrNO3S2/c1-6(2)8(13)5-12-17(14,15)9-4-10(11)16-7(9)3/h4,6,12H,5H2,1-3H3. The average Bonchev–Trinajstić information content (AvgIpc) is 2.55. The highest BCUT2D eigenvalue weighted by Gasteiger charge is 2.20. The maximum Gasteiger partial charge on any atom is 0.242 e. The Kier molecular flexibility index (Phi) is 4.88. The first-order valence-electron chi connectivity index (χ1n) is 5.02. The molecule has 1 aromatic heterocycles. The van der Waals surface area contributed by atoms with E-state index in [0.717, 1.165) is 3.79 Å². The van der Waals surface area contributed by atoms with Crippen molar-refractivity contribution in [2.75, 3.05) is 6.54 Å². The Morgan fingerprint density at radius 2 is 2.12 bits per heavy atom. The summed E-state index contributed by atoms with van der Waals surface area (Å²) in [6.07, 6.45) is 0. The van der Waals surface area contributed by atoms with Crippen LogP contribution in [0.1, 0.15) is 18.7 Å². The van der Waals surface area contributed by atoms with Crippen molar-refractivity contribution in [1.29, 1.82) is 0 Å². The van der Waals surface area contributed by atoms with Crippen LogP contribution in [0.15, 0.2) is 14.7 Å². The van der Waals surface area contributed by atoms with Gasteiger partial charge in [-0.1, -0.05) is 13.8 Å². The van der Waals surface area contributed by atoms with Crippen molar-refractivity contribution in [2.24, 2.45) is 5.92 Å². The molecule has 0 amide bonds. The van der Waals surface area contributed by atoms with E-state index in [-0.39, 0.29) is 23.1 Å². The van der Waals surface area contributed by atoms with Crippen LogP contribution in [0.5, 0.6) is 0 Å². The van der Waals surface area contributed by atoms with E-state index < -0.39 is 10.0 Å². The molecule has 0 unspecified atom stereocenters. The van der Waals surface area contributed by atoms with Crippen LogP contribution in [-0.4, -0.2) is 20.7 Å². The third-order valence-corrected chi connectivity index (χ3v) is 5.42. The fourth-order valence-electron chi connectivity index (χ4n) is 1.15. The van der Waals surface area contributed by atoms with Gasteiger partial charge in [0.15, 0.2) is 0 Å². The van der Waals surface area contributed by atoms with Gasteiger partial charge < -0.3 is 0 Å². The molecule has 0 aliphatic carbocycles. The lowest BCUT2D eigenvalue weighted by Crippen LogP contribution is -2.31. The van der Waals surface area contributed by atoms with Gasteiger partial charge in [0.25, 0.3) is 0 Å². The van der Waals surface area contributed by atoms with Gasteiger partial charge in [-0.3, -0.25) is 4.79 Å². The van der Waals surface area contributed by atoms with Crippen LogP contribution in [0.3, 0.4) is 0 Å². The Balaban J connectivity index is 2.83. The van der Waals surface area contributed by atoms with Crippen molar-refractivity contribution in [2.45, 2.75) is 25.7 Å². The molecular weight excluding hydrogens is 326 g/mol. The quantitative estimate of drug-likeness (QED) is 0.895. The molecule has 1 N–H and O–H groups in total. The summed E-state index contributed by atoms with van der Waals surface area (Å²) < 4.78 is 26.9. The third kappa shape index (κ3) is 3.87. The number of sulfonamides is 1. The highest BCUT2D eigenvalue weighted by molar-refractivity contribution is 9.11. The maximum atomic E-state index is 11.9. The summed E-state index contributed by atoms with van der Waals surface area (Å²) in [5, 5.41) is 0. The number of ketones is 1. The van der Waals surface area contributed by atoms with Gasteiger partial charge in [0.1, 0.15) is 5.78 Å². The molecule has 0 aliphatic heterocycles. The zero-order valence-corrected chi connectivity index (χ0v) is 13.0. The van der Waals surface area contributed by atoms with Crippen molar-refractivity contribution in [1.82, 2.24) is 4.72 Å². The molecule has 96 valence electrons. The second kappa shape index (κ2) is 5.60. The molecule has 1 rings (SSSR count). The second-order valence-electron chi connectivity index (χ2n) is 3.92. The lowest BCUT2D eigenvalue weighted by Gasteiger charge is -2.07. The lowest BCUT2D eigenvalue weighted by atomic mass is 10.1. The first-order valence-corrected chi connectivity index (χ1v) is 8.11. The predicted molar refractivity (Wildman–Crippen MR) is 71.8 cm³/mol. The van der Waals surface area contributed by atoms with Crippen molar-refractivity contribution in [3.8, 4) is 0 Å². The maximum absolute atomic E-state index is 11.9. The average molecular weight is 340 g/mol. The number of hydrogen-bond acceptors (Lipinski definition) is 4. The molecular formula is C10H14BrNO3S2. The summed E-state index contributed by atoms with van der Waals surface area (Å²) in [7, 11) is -3.59. The van der Waals surface area contributed by atoms with Crippen molar-refractivity contribution in [3.63, 3.8) is 0 Å². The van der Waals surface area contributed by atoms with E-state index in [1.54, 1.807) is 26.8 Å². The third-order valence-electron chi connectivity index (χ3n) is 2.21. The molecule has 7 heteroatoms. The molecule has 0 aliphatic rings. The van der Waals surface area contributed by atoms with Gasteiger partial charge >= 0.3 is 0 Å². The molecule has 0 atom stereocenters. The monoisotopic (exact) mass is 339 g/mol. The summed E-state index contributed by atoms with van der Waals surface area (Å²) in [6.45, 7) is 5.05. The van der Waals surface area contributed by atoms with Gasteiger partial charge in [0.05, 0.1) is 15.2 Å². The minimum absolute atomic E-state index is 0.125. The van der Waals surface area contributed by atoms with Crippen LogP contribution >= 0.6 is 27.3 Å². The van der Waals surface area contributed by atoms with Crippen molar-refractivity contribution >= 4 is 43.1 Å². The summed E-state index contributed by atoms with van der Waals surface area (Å²) in [4.78, 5) is 12.3. The molecule has 0 saturated heterocycles. The first kappa shape index (κ1) is 14.8. The molecule has 1 aromatic rings. The van der Waals surface area contributed by atoms with E-state index in [4.69, 9.17) is 0 Å². The number of aryl methyl sites for hydroxylation is 1. The van der Waals surface area contributed by atoms with Gasteiger partial charge in [-0.15, -0.1) is 11.3 Å². The number of nitrogens with one attached hydrogen (secondary N) is 1. The molecule has 0 bridgehead atoms. The highest BCUT2D eigenvalue weighted by Crippen LogP contribution is 2.29. The Labute approximate surface area is 114 Å². The van der Waals surface area contributed by atoms with Crippen LogP contribution in [0.4, 0.5) is 0 Å². The summed E-state index contributed by atoms with van der Waals surface area (Å²) in [5.74, 6) is -0.298. The van der Waals surface area contributed by atoms with Crippen LogP contribution in [-0.2, 0) is 14.8 Å². The number of Topliss-reactive ketones (excluding diaryl/α,β-unsaturated/α-hetero) is 1. The van der Waals surface area contributed by atoms with Crippen LogP contribution in [0, 0.1) is 12.8 Å². The van der Waals surface area contributed by atoms with Gasteiger partial charge in [-0.05, 0) is 28.9 Å². The molecule has 17 heavy (non-hydrogen) atoms. The molecule has 4 nitrogen and oxygen atoms in total. The molecule has 0 saturated carbocycles. The van der Waals surface area contributed by atoms with Gasteiger partial charge in [0.2, 0.25) is 10.0 Å². The molecule has 0 spiro atoms. The van der Waals surface area contributed by atoms with E-state index in [1.807, 2.05) is 0 Å². The molecule has 0 fully saturated rings. The van der Waals surface area contributed by atoms with Crippen LogP contribution < -0.4 is 4.72 Å². The number of rotatable bonds is 5. The molecule has 1 heterocycles. The zero-order chi connectivity index (χ0) is 13.2. The number of carbonyl (C=O) groups is 1. The zero-order valence-electron chi connectivity index (χ0n) is 9.78. The minimum Gasteiger partial charge on any atom is -0.298 e. The number of thiophene rings is 1. The van der Waals surface area contributed by atoms with E-state index >= 15 is 0 Å². The summed E-state index contributed by atoms with van der Waals surface area (Å²) in [5.41, 5.74) is 0. The Bertz CT molecular complexity index is 520. The van der Waals surface area contributed by atoms with E-state index in [0.29, 0.717) is 4.88 Å². The minimum atomic E-state index is -3.59. The Morgan fingerprint density at radius 3 is 2.53 bits per heavy atom. The van der Waals surface area contributed by atoms with Crippen molar-refractivity contribution in [3.05, 3.63) is 14.7 Å². The smallest absolute Gasteiger partial charge is 0.242 e.